The van der Waals surface area contributed by atoms with Crippen molar-refractivity contribution in [3.8, 4) is 0 Å². The SMILES string of the molecule is CCCCC/C(C(=O)O)=C(\CC(CC)CCCC)C(=O)O. The molecule has 0 aliphatic rings. The summed E-state index contributed by atoms with van der Waals surface area (Å²) in [6, 6.07) is 0. The second-order valence-corrected chi connectivity index (χ2v) is 5.65. The van der Waals surface area contributed by atoms with Gasteiger partial charge in [-0.15, -0.1) is 0 Å². The Kier molecular flexibility index (Phi) is 10.6. The zero-order valence-electron chi connectivity index (χ0n) is 13.7. The first-order chi connectivity index (χ1) is 9.97. The molecule has 0 spiro atoms. The predicted molar refractivity (Wildman–Crippen MR) is 84.4 cm³/mol. The molecule has 2 N–H and O–H groups in total. The highest BCUT2D eigenvalue weighted by molar-refractivity contribution is 5.98. The molecule has 0 aliphatic carbocycles. The highest BCUT2D eigenvalue weighted by Gasteiger charge is 2.22. The summed E-state index contributed by atoms with van der Waals surface area (Å²) in [7, 11) is 0. The van der Waals surface area contributed by atoms with E-state index >= 15 is 0 Å². The summed E-state index contributed by atoms with van der Waals surface area (Å²) in [5, 5.41) is 18.7. The number of carboxylic acid groups (broad SMARTS) is 2. The van der Waals surface area contributed by atoms with Crippen LogP contribution in [0.2, 0.25) is 0 Å². The average molecular weight is 298 g/mol. The molecule has 0 saturated carbocycles. The van der Waals surface area contributed by atoms with Gasteiger partial charge in [0.15, 0.2) is 0 Å². The van der Waals surface area contributed by atoms with E-state index in [1.54, 1.807) is 0 Å². The quantitative estimate of drug-likeness (QED) is 0.406. The molecule has 0 saturated heterocycles. The maximum absolute atomic E-state index is 11.5. The molecule has 0 aromatic heterocycles. The summed E-state index contributed by atoms with van der Waals surface area (Å²) < 4.78 is 0. The lowest BCUT2D eigenvalue weighted by atomic mass is 9.88. The normalized spacial score (nSPS) is 13.7. The molecule has 0 bridgehead atoms. The smallest absolute Gasteiger partial charge is 0.332 e. The van der Waals surface area contributed by atoms with Gasteiger partial charge in [-0.1, -0.05) is 59.3 Å². The van der Waals surface area contributed by atoms with Crippen LogP contribution in [-0.4, -0.2) is 22.2 Å². The first-order valence-electron chi connectivity index (χ1n) is 8.16. The molecule has 4 nitrogen and oxygen atoms in total. The van der Waals surface area contributed by atoms with Crippen molar-refractivity contribution in [1.82, 2.24) is 0 Å². The number of carbonyl (C=O) groups is 2. The fraction of sp³-hybridized carbons (Fsp3) is 0.765. The topological polar surface area (TPSA) is 74.6 Å². The fourth-order valence-corrected chi connectivity index (χ4v) is 2.51. The minimum atomic E-state index is -1.08. The van der Waals surface area contributed by atoms with Crippen molar-refractivity contribution in [3.05, 3.63) is 11.1 Å². The highest BCUT2D eigenvalue weighted by Crippen LogP contribution is 2.26. The highest BCUT2D eigenvalue weighted by atomic mass is 16.4. The molecule has 1 atom stereocenters. The van der Waals surface area contributed by atoms with Crippen molar-refractivity contribution in [2.75, 3.05) is 0 Å². The number of aliphatic carboxylic acids is 2. The van der Waals surface area contributed by atoms with Crippen LogP contribution in [0.25, 0.3) is 0 Å². The molecule has 0 rings (SSSR count). The van der Waals surface area contributed by atoms with Crippen molar-refractivity contribution in [1.29, 1.82) is 0 Å². The van der Waals surface area contributed by atoms with Crippen molar-refractivity contribution >= 4 is 11.9 Å². The Bertz CT molecular complexity index is 358. The summed E-state index contributed by atoms with van der Waals surface area (Å²) in [6.07, 6.45) is 7.37. The Morgan fingerprint density at radius 3 is 1.86 bits per heavy atom. The van der Waals surface area contributed by atoms with Gasteiger partial charge in [0, 0.05) is 11.1 Å². The predicted octanol–water partition coefficient (Wildman–Crippen LogP) is 4.64. The Morgan fingerprint density at radius 1 is 0.857 bits per heavy atom. The fourth-order valence-electron chi connectivity index (χ4n) is 2.51. The van der Waals surface area contributed by atoms with E-state index < -0.39 is 11.9 Å². The van der Waals surface area contributed by atoms with Crippen LogP contribution in [-0.2, 0) is 9.59 Å². The molecule has 0 fully saturated rings. The summed E-state index contributed by atoms with van der Waals surface area (Å²) in [6.45, 7) is 6.19. The number of unbranched alkanes of at least 4 members (excludes halogenated alkanes) is 3. The van der Waals surface area contributed by atoms with Crippen molar-refractivity contribution in [2.45, 2.75) is 78.6 Å². The van der Waals surface area contributed by atoms with Gasteiger partial charge in [-0.2, -0.15) is 0 Å². The average Bonchev–Trinajstić information content (AvgIpc) is 2.44. The van der Waals surface area contributed by atoms with E-state index in [9.17, 15) is 19.8 Å². The van der Waals surface area contributed by atoms with Gasteiger partial charge in [-0.05, 0) is 25.2 Å². The van der Waals surface area contributed by atoms with E-state index in [4.69, 9.17) is 0 Å². The van der Waals surface area contributed by atoms with Crippen LogP contribution in [0.3, 0.4) is 0 Å². The van der Waals surface area contributed by atoms with Crippen LogP contribution in [0.4, 0.5) is 0 Å². The second kappa shape index (κ2) is 11.4. The van der Waals surface area contributed by atoms with E-state index in [2.05, 4.69) is 6.92 Å². The Balaban J connectivity index is 5.11. The van der Waals surface area contributed by atoms with Gasteiger partial charge in [0.25, 0.3) is 0 Å². The minimum Gasteiger partial charge on any atom is -0.478 e. The van der Waals surface area contributed by atoms with Crippen molar-refractivity contribution < 1.29 is 19.8 Å². The number of rotatable bonds is 12. The van der Waals surface area contributed by atoms with Crippen LogP contribution in [0.1, 0.15) is 78.6 Å². The van der Waals surface area contributed by atoms with E-state index in [1.165, 1.54) is 0 Å². The lowest BCUT2D eigenvalue weighted by Crippen LogP contribution is -2.15. The third kappa shape index (κ3) is 7.88. The number of hydrogen-bond acceptors (Lipinski definition) is 2. The van der Waals surface area contributed by atoms with Gasteiger partial charge in [0.05, 0.1) is 0 Å². The van der Waals surface area contributed by atoms with E-state index in [-0.39, 0.29) is 17.1 Å². The maximum Gasteiger partial charge on any atom is 0.332 e. The molecule has 0 aliphatic heterocycles. The molecule has 0 heterocycles. The largest absolute Gasteiger partial charge is 0.478 e. The van der Waals surface area contributed by atoms with Gasteiger partial charge < -0.3 is 10.2 Å². The first kappa shape index (κ1) is 19.7. The molecule has 21 heavy (non-hydrogen) atoms. The zero-order chi connectivity index (χ0) is 16.3. The molecular formula is C17H30O4. The molecule has 1 unspecified atom stereocenters. The standard InChI is InChI=1S/C17H30O4/c1-4-7-9-11-14(16(18)19)15(17(20)21)12-13(6-3)10-8-5-2/h13H,4-12H2,1-3H3,(H,18,19)(H,20,21)/b15-14-. The molecule has 0 radical (unpaired) electrons. The van der Waals surface area contributed by atoms with Crippen LogP contribution < -0.4 is 0 Å². The summed E-state index contributed by atoms with van der Waals surface area (Å²) in [5.41, 5.74) is 0.215. The molecular weight excluding hydrogens is 268 g/mol. The second-order valence-electron chi connectivity index (χ2n) is 5.65. The number of carboxylic acids is 2. The van der Waals surface area contributed by atoms with Crippen molar-refractivity contribution in [2.24, 2.45) is 5.92 Å². The Morgan fingerprint density at radius 2 is 1.43 bits per heavy atom. The Labute approximate surface area is 128 Å². The van der Waals surface area contributed by atoms with Crippen LogP contribution in [0, 0.1) is 5.92 Å². The van der Waals surface area contributed by atoms with Crippen LogP contribution in [0.5, 0.6) is 0 Å². The molecule has 0 amide bonds. The van der Waals surface area contributed by atoms with Gasteiger partial charge in [0.2, 0.25) is 0 Å². The summed E-state index contributed by atoms with van der Waals surface area (Å²) in [4.78, 5) is 22.9. The monoisotopic (exact) mass is 298 g/mol. The molecule has 0 aromatic rings. The Hall–Kier alpha value is -1.32. The van der Waals surface area contributed by atoms with Gasteiger partial charge in [-0.25, -0.2) is 9.59 Å². The number of hydrogen-bond donors (Lipinski definition) is 2. The van der Waals surface area contributed by atoms with E-state index in [0.29, 0.717) is 12.8 Å². The molecule has 4 heteroatoms. The van der Waals surface area contributed by atoms with Gasteiger partial charge >= 0.3 is 11.9 Å². The zero-order valence-corrected chi connectivity index (χ0v) is 13.7. The summed E-state index contributed by atoms with van der Waals surface area (Å²) >= 11 is 0. The van der Waals surface area contributed by atoms with Crippen LogP contribution >= 0.6 is 0 Å². The van der Waals surface area contributed by atoms with E-state index in [0.717, 1.165) is 44.9 Å². The third-order valence-electron chi connectivity index (χ3n) is 3.95. The first-order valence-corrected chi connectivity index (χ1v) is 8.16. The molecule has 0 aromatic carbocycles. The maximum atomic E-state index is 11.5. The van der Waals surface area contributed by atoms with E-state index in [1.807, 2.05) is 13.8 Å². The minimum absolute atomic E-state index is 0.103. The van der Waals surface area contributed by atoms with Gasteiger partial charge in [-0.3, -0.25) is 0 Å². The lowest BCUT2D eigenvalue weighted by molar-refractivity contribution is -0.136. The summed E-state index contributed by atoms with van der Waals surface area (Å²) in [5.74, 6) is -1.88. The van der Waals surface area contributed by atoms with Crippen molar-refractivity contribution in [3.63, 3.8) is 0 Å². The van der Waals surface area contributed by atoms with Gasteiger partial charge in [0.1, 0.15) is 0 Å². The molecule has 122 valence electrons. The van der Waals surface area contributed by atoms with Crippen LogP contribution in [0.15, 0.2) is 11.1 Å². The lowest BCUT2D eigenvalue weighted by Gasteiger charge is -2.16. The third-order valence-corrected chi connectivity index (χ3v) is 3.95.